The topological polar surface area (TPSA) is 71.1 Å². The molecule has 0 saturated heterocycles. The van der Waals surface area contributed by atoms with E-state index in [9.17, 15) is 9.59 Å². The number of benzene rings is 4. The highest BCUT2D eigenvalue weighted by atomic mass is 16.6. The summed E-state index contributed by atoms with van der Waals surface area (Å²) in [6.45, 7) is 7.63. The lowest BCUT2D eigenvalue weighted by Crippen LogP contribution is -2.38. The van der Waals surface area contributed by atoms with Gasteiger partial charge in [-0.1, -0.05) is 78.9 Å². The Balaban J connectivity index is 1.48. The summed E-state index contributed by atoms with van der Waals surface area (Å²) in [5.74, 6) is 1.18. The van der Waals surface area contributed by atoms with Crippen molar-refractivity contribution in [3.8, 4) is 17.2 Å². The van der Waals surface area contributed by atoms with Crippen molar-refractivity contribution in [1.82, 2.24) is 0 Å². The standard InChI is InChI=1S/C37H36O6/c1-3-5-16-34(38)41-25-24-40-33-26-27-12-10-11-15-31(27)32-22-23-37(43-36(32)33,28-13-8-7-9-14-28)29-18-20-30(21-19-29)42-35(39)17-6-4-2/h3-4,7-15,18-21,26H,1-2,5-6,16-17,22-25H2. The molecule has 1 unspecified atom stereocenters. The maximum absolute atomic E-state index is 12.2. The van der Waals surface area contributed by atoms with Crippen LogP contribution in [0.5, 0.6) is 17.2 Å². The van der Waals surface area contributed by atoms with Gasteiger partial charge in [0.15, 0.2) is 17.1 Å². The Bertz CT molecular complexity index is 1590. The second-order valence-electron chi connectivity index (χ2n) is 10.4. The van der Waals surface area contributed by atoms with E-state index in [2.05, 4.69) is 37.4 Å². The molecule has 4 aromatic carbocycles. The van der Waals surface area contributed by atoms with Gasteiger partial charge < -0.3 is 18.9 Å². The van der Waals surface area contributed by atoms with Crippen LogP contribution in [0.3, 0.4) is 0 Å². The van der Waals surface area contributed by atoms with Gasteiger partial charge in [0, 0.05) is 24.0 Å². The van der Waals surface area contributed by atoms with Crippen LogP contribution in [0.15, 0.2) is 110 Å². The number of esters is 2. The zero-order valence-corrected chi connectivity index (χ0v) is 24.3. The number of hydrogen-bond acceptors (Lipinski definition) is 6. The van der Waals surface area contributed by atoms with Crippen molar-refractivity contribution in [2.75, 3.05) is 13.2 Å². The van der Waals surface area contributed by atoms with Gasteiger partial charge in [-0.25, -0.2) is 0 Å². The fourth-order valence-corrected chi connectivity index (χ4v) is 5.44. The second-order valence-corrected chi connectivity index (χ2v) is 10.4. The summed E-state index contributed by atoms with van der Waals surface area (Å²) in [5, 5.41) is 2.17. The Morgan fingerprint density at radius 3 is 2.23 bits per heavy atom. The van der Waals surface area contributed by atoms with Crippen LogP contribution in [0.1, 0.15) is 48.8 Å². The lowest BCUT2D eigenvalue weighted by Gasteiger charge is -2.40. The van der Waals surface area contributed by atoms with E-state index in [4.69, 9.17) is 18.9 Å². The van der Waals surface area contributed by atoms with Gasteiger partial charge in [0.05, 0.1) is 0 Å². The number of fused-ring (bicyclic) bond motifs is 3. The number of aryl methyl sites for hydroxylation is 1. The number of rotatable bonds is 13. The summed E-state index contributed by atoms with van der Waals surface area (Å²) < 4.78 is 24.2. The van der Waals surface area contributed by atoms with E-state index in [-0.39, 0.29) is 31.6 Å². The Hall–Kier alpha value is -4.84. The molecule has 0 saturated carbocycles. The van der Waals surface area contributed by atoms with Crippen LogP contribution in [0.25, 0.3) is 10.8 Å². The molecule has 0 spiro atoms. The minimum atomic E-state index is -0.808. The molecule has 0 fully saturated rings. The Kier molecular flexibility index (Phi) is 9.57. The summed E-state index contributed by atoms with van der Waals surface area (Å²) in [6, 6.07) is 27.8. The number of ether oxygens (including phenoxy) is 4. The fraction of sp³-hybridized carbons (Fsp3) is 0.243. The lowest BCUT2D eigenvalue weighted by molar-refractivity contribution is -0.144. The highest BCUT2D eigenvalue weighted by Crippen LogP contribution is 2.50. The molecule has 0 bridgehead atoms. The molecule has 1 heterocycles. The maximum atomic E-state index is 12.2. The first kappa shape index (κ1) is 29.6. The van der Waals surface area contributed by atoms with Crippen LogP contribution in [-0.4, -0.2) is 25.2 Å². The summed E-state index contributed by atoms with van der Waals surface area (Å²) in [6.07, 6.45) is 6.55. The van der Waals surface area contributed by atoms with Gasteiger partial charge in [0.2, 0.25) is 0 Å². The molecule has 6 heteroatoms. The molecule has 1 aliphatic rings. The normalized spacial score (nSPS) is 15.5. The number of carbonyl (C=O) groups is 2. The molecule has 5 rings (SSSR count). The van der Waals surface area contributed by atoms with E-state index in [1.165, 1.54) is 0 Å². The van der Waals surface area contributed by atoms with Gasteiger partial charge in [-0.2, -0.15) is 0 Å². The van der Waals surface area contributed by atoms with Gasteiger partial charge in [-0.05, 0) is 60.2 Å². The molecule has 0 radical (unpaired) electrons. The molecule has 1 aliphatic heterocycles. The number of allylic oxidation sites excluding steroid dienone is 2. The second kappa shape index (κ2) is 13.9. The van der Waals surface area contributed by atoms with Crippen molar-refractivity contribution in [3.63, 3.8) is 0 Å². The average Bonchev–Trinajstić information content (AvgIpc) is 3.05. The van der Waals surface area contributed by atoms with Gasteiger partial charge in [0.1, 0.15) is 19.0 Å². The molecular formula is C37H36O6. The smallest absolute Gasteiger partial charge is 0.311 e. The Morgan fingerprint density at radius 2 is 1.49 bits per heavy atom. The molecule has 0 amide bonds. The molecule has 0 N–H and O–H groups in total. The molecule has 0 aromatic heterocycles. The Morgan fingerprint density at radius 1 is 0.814 bits per heavy atom. The first-order valence-electron chi connectivity index (χ1n) is 14.6. The van der Waals surface area contributed by atoms with E-state index >= 15 is 0 Å². The van der Waals surface area contributed by atoms with E-state index in [1.807, 2.05) is 60.7 Å². The van der Waals surface area contributed by atoms with E-state index in [0.29, 0.717) is 42.9 Å². The minimum Gasteiger partial charge on any atom is -0.486 e. The molecule has 43 heavy (non-hydrogen) atoms. The fourth-order valence-electron chi connectivity index (χ4n) is 5.44. The monoisotopic (exact) mass is 576 g/mol. The van der Waals surface area contributed by atoms with Crippen LogP contribution < -0.4 is 14.2 Å². The van der Waals surface area contributed by atoms with Crippen molar-refractivity contribution in [2.45, 2.75) is 44.1 Å². The summed E-state index contributed by atoms with van der Waals surface area (Å²) >= 11 is 0. The minimum absolute atomic E-state index is 0.133. The number of hydrogen-bond donors (Lipinski definition) is 0. The van der Waals surface area contributed by atoms with Crippen molar-refractivity contribution >= 4 is 22.7 Å². The third-order valence-corrected chi connectivity index (χ3v) is 7.58. The summed E-state index contributed by atoms with van der Waals surface area (Å²) in [7, 11) is 0. The predicted molar refractivity (Wildman–Crippen MR) is 168 cm³/mol. The quantitative estimate of drug-likeness (QED) is 0.0698. The first-order valence-corrected chi connectivity index (χ1v) is 14.6. The number of carbonyl (C=O) groups excluding carboxylic acids is 2. The highest BCUT2D eigenvalue weighted by Gasteiger charge is 2.42. The summed E-state index contributed by atoms with van der Waals surface area (Å²) in [5.41, 5.74) is 2.21. The van der Waals surface area contributed by atoms with E-state index in [1.54, 1.807) is 12.2 Å². The third-order valence-electron chi connectivity index (χ3n) is 7.58. The van der Waals surface area contributed by atoms with Gasteiger partial charge in [-0.15, -0.1) is 13.2 Å². The maximum Gasteiger partial charge on any atom is 0.311 e. The van der Waals surface area contributed by atoms with Crippen molar-refractivity contribution in [1.29, 1.82) is 0 Å². The zero-order valence-electron chi connectivity index (χ0n) is 24.3. The summed E-state index contributed by atoms with van der Waals surface area (Å²) in [4.78, 5) is 24.1. The molecular weight excluding hydrogens is 540 g/mol. The largest absolute Gasteiger partial charge is 0.486 e. The van der Waals surface area contributed by atoms with E-state index in [0.717, 1.165) is 33.9 Å². The third kappa shape index (κ3) is 6.81. The first-order chi connectivity index (χ1) is 21.0. The van der Waals surface area contributed by atoms with Crippen LogP contribution in [0.4, 0.5) is 0 Å². The SMILES string of the molecule is C=CCCC(=O)OCCOc1cc2ccccc2c2c1OC(c1ccccc1)(c1ccc(OC(=O)CCC=C)cc1)CC2. The van der Waals surface area contributed by atoms with Crippen LogP contribution in [0, 0.1) is 0 Å². The Labute approximate surface area is 252 Å². The van der Waals surface area contributed by atoms with Gasteiger partial charge in [0.25, 0.3) is 0 Å². The molecule has 0 aliphatic carbocycles. The lowest BCUT2D eigenvalue weighted by atomic mass is 9.78. The van der Waals surface area contributed by atoms with Crippen molar-refractivity contribution in [3.05, 3.63) is 127 Å². The zero-order chi connectivity index (χ0) is 30.1. The van der Waals surface area contributed by atoms with Crippen LogP contribution >= 0.6 is 0 Å². The van der Waals surface area contributed by atoms with E-state index < -0.39 is 5.60 Å². The molecule has 4 aromatic rings. The highest BCUT2D eigenvalue weighted by molar-refractivity contribution is 5.90. The molecule has 220 valence electrons. The average molecular weight is 577 g/mol. The molecule has 1 atom stereocenters. The van der Waals surface area contributed by atoms with Crippen LogP contribution in [0.2, 0.25) is 0 Å². The van der Waals surface area contributed by atoms with Gasteiger partial charge in [-0.3, -0.25) is 9.59 Å². The van der Waals surface area contributed by atoms with Crippen molar-refractivity contribution in [2.24, 2.45) is 0 Å². The van der Waals surface area contributed by atoms with Crippen molar-refractivity contribution < 1.29 is 28.5 Å². The van der Waals surface area contributed by atoms with Gasteiger partial charge >= 0.3 is 11.9 Å². The van der Waals surface area contributed by atoms with Crippen LogP contribution in [-0.2, 0) is 26.3 Å². The predicted octanol–water partition coefficient (Wildman–Crippen LogP) is 7.87. The molecule has 6 nitrogen and oxygen atoms in total.